The van der Waals surface area contributed by atoms with Crippen LogP contribution < -0.4 is 15.6 Å². The third kappa shape index (κ3) is 5.03. The first-order valence-corrected chi connectivity index (χ1v) is 12.1. The second-order valence-electron chi connectivity index (χ2n) is 7.16. The molecule has 0 radical (unpaired) electrons. The lowest BCUT2D eigenvalue weighted by Gasteiger charge is -2.13. The number of methoxy groups -OCH3 is 1. The van der Waals surface area contributed by atoms with Crippen LogP contribution in [0.5, 0.6) is 5.75 Å². The fourth-order valence-corrected chi connectivity index (χ4v) is 4.85. The maximum absolute atomic E-state index is 13.2. The van der Waals surface area contributed by atoms with E-state index in [1.807, 2.05) is 60.0 Å². The van der Waals surface area contributed by atoms with E-state index in [1.165, 1.54) is 28.7 Å². The molecule has 0 spiro atoms. The second kappa shape index (κ2) is 10.0. The Labute approximate surface area is 194 Å². The molecule has 0 aliphatic carbocycles. The predicted octanol–water partition coefficient (Wildman–Crippen LogP) is 4.81. The number of amides is 1. The van der Waals surface area contributed by atoms with Crippen LogP contribution in [0.2, 0.25) is 0 Å². The van der Waals surface area contributed by atoms with Gasteiger partial charge < -0.3 is 10.1 Å². The number of nitrogens with zero attached hydrogens (tertiary/aromatic N) is 2. The average Bonchev–Trinajstić information content (AvgIpc) is 3.29. The highest BCUT2D eigenvalue weighted by atomic mass is 32.2. The number of anilines is 1. The molecule has 2 heterocycles. The zero-order valence-corrected chi connectivity index (χ0v) is 19.5. The maximum atomic E-state index is 13.2. The molecule has 164 valence electrons. The van der Waals surface area contributed by atoms with Crippen molar-refractivity contribution >= 4 is 44.9 Å². The van der Waals surface area contributed by atoms with Crippen molar-refractivity contribution < 1.29 is 9.53 Å². The first-order valence-electron chi connectivity index (χ1n) is 10.2. The largest absolute Gasteiger partial charge is 0.497 e. The van der Waals surface area contributed by atoms with Gasteiger partial charge in [-0.1, -0.05) is 43.0 Å². The Morgan fingerprint density at radius 3 is 2.72 bits per heavy atom. The summed E-state index contributed by atoms with van der Waals surface area (Å²) in [4.78, 5) is 30.3. The molecule has 1 amide bonds. The van der Waals surface area contributed by atoms with Crippen LogP contribution in [0.3, 0.4) is 0 Å². The zero-order valence-electron chi connectivity index (χ0n) is 17.8. The van der Waals surface area contributed by atoms with Crippen molar-refractivity contribution in [2.45, 2.75) is 25.0 Å². The standard InChI is InChI=1S/C24H23N3O3S2/c1-3-16-7-9-18(10-8-16)25-21(28)15-32-24-26-20-11-12-31-22(20)23(29)27(24)14-17-5-4-6-19(13-17)30-2/h4-13H,3,14-15H2,1-2H3,(H,25,28). The van der Waals surface area contributed by atoms with Crippen molar-refractivity contribution in [1.29, 1.82) is 0 Å². The summed E-state index contributed by atoms with van der Waals surface area (Å²) < 4.78 is 7.54. The Hall–Kier alpha value is -3.10. The van der Waals surface area contributed by atoms with Crippen LogP contribution in [0.15, 0.2) is 69.9 Å². The molecule has 8 heteroatoms. The summed E-state index contributed by atoms with van der Waals surface area (Å²) in [7, 11) is 1.61. The molecule has 32 heavy (non-hydrogen) atoms. The molecule has 0 aliphatic heterocycles. The molecule has 2 aromatic heterocycles. The SMILES string of the molecule is CCc1ccc(NC(=O)CSc2nc3ccsc3c(=O)n2Cc2cccc(OC)c2)cc1. The van der Waals surface area contributed by atoms with Gasteiger partial charge in [0.15, 0.2) is 5.16 Å². The number of nitrogens with one attached hydrogen (secondary N) is 1. The van der Waals surface area contributed by atoms with E-state index in [1.54, 1.807) is 11.7 Å². The molecule has 0 fully saturated rings. The monoisotopic (exact) mass is 465 g/mol. The first kappa shape index (κ1) is 22.1. The minimum atomic E-state index is -0.146. The molecule has 0 saturated heterocycles. The maximum Gasteiger partial charge on any atom is 0.272 e. The van der Waals surface area contributed by atoms with E-state index in [4.69, 9.17) is 4.74 Å². The number of thioether (sulfide) groups is 1. The minimum absolute atomic E-state index is 0.106. The topological polar surface area (TPSA) is 73.2 Å². The second-order valence-corrected chi connectivity index (χ2v) is 9.02. The number of hydrogen-bond acceptors (Lipinski definition) is 6. The highest BCUT2D eigenvalue weighted by molar-refractivity contribution is 7.99. The zero-order chi connectivity index (χ0) is 22.5. The highest BCUT2D eigenvalue weighted by Gasteiger charge is 2.15. The van der Waals surface area contributed by atoms with Crippen LogP contribution in [0, 0.1) is 0 Å². The van der Waals surface area contributed by atoms with Gasteiger partial charge in [-0.3, -0.25) is 14.2 Å². The summed E-state index contributed by atoms with van der Waals surface area (Å²) in [6.07, 6.45) is 0.950. The summed E-state index contributed by atoms with van der Waals surface area (Å²) in [6.45, 7) is 2.44. The number of aromatic nitrogens is 2. The Balaban J connectivity index is 1.55. The average molecular weight is 466 g/mol. The van der Waals surface area contributed by atoms with E-state index in [-0.39, 0.29) is 17.2 Å². The molecule has 0 unspecified atom stereocenters. The normalized spacial score (nSPS) is 10.9. The van der Waals surface area contributed by atoms with Crippen LogP contribution in [0.1, 0.15) is 18.1 Å². The van der Waals surface area contributed by atoms with E-state index >= 15 is 0 Å². The number of rotatable bonds is 8. The summed E-state index contributed by atoms with van der Waals surface area (Å²) in [6, 6.07) is 17.2. The molecule has 0 atom stereocenters. The third-order valence-corrected chi connectivity index (χ3v) is 6.85. The highest BCUT2D eigenvalue weighted by Crippen LogP contribution is 2.23. The molecular formula is C24H23N3O3S2. The van der Waals surface area contributed by atoms with Crippen LogP contribution in [-0.4, -0.2) is 28.3 Å². The van der Waals surface area contributed by atoms with E-state index in [0.29, 0.717) is 21.9 Å². The van der Waals surface area contributed by atoms with Crippen molar-refractivity contribution in [3.8, 4) is 5.75 Å². The number of carbonyl (C=O) groups excluding carboxylic acids is 1. The summed E-state index contributed by atoms with van der Waals surface area (Å²) in [5, 5.41) is 5.28. The molecule has 1 N–H and O–H groups in total. The molecule has 6 nitrogen and oxygen atoms in total. The van der Waals surface area contributed by atoms with Gasteiger partial charge in [0, 0.05) is 5.69 Å². The van der Waals surface area contributed by atoms with E-state index in [9.17, 15) is 9.59 Å². The van der Waals surface area contributed by atoms with E-state index in [0.717, 1.165) is 23.4 Å². The van der Waals surface area contributed by atoms with Gasteiger partial charge in [-0.2, -0.15) is 0 Å². The number of thiophene rings is 1. The number of carbonyl (C=O) groups is 1. The third-order valence-electron chi connectivity index (χ3n) is 4.98. The summed E-state index contributed by atoms with van der Waals surface area (Å²) in [5.74, 6) is 0.727. The lowest BCUT2D eigenvalue weighted by molar-refractivity contribution is -0.113. The fraction of sp³-hybridized carbons (Fsp3) is 0.208. The smallest absolute Gasteiger partial charge is 0.272 e. The number of hydrogen-bond donors (Lipinski definition) is 1. The number of fused-ring (bicyclic) bond motifs is 1. The fourth-order valence-electron chi connectivity index (χ4n) is 3.28. The van der Waals surface area contributed by atoms with E-state index < -0.39 is 0 Å². The molecule has 4 aromatic rings. The lowest BCUT2D eigenvalue weighted by atomic mass is 10.1. The Kier molecular flexibility index (Phi) is 6.92. The van der Waals surface area contributed by atoms with Crippen LogP contribution in [0.4, 0.5) is 5.69 Å². The van der Waals surface area contributed by atoms with Gasteiger partial charge in [0.05, 0.1) is 24.9 Å². The van der Waals surface area contributed by atoms with Crippen molar-refractivity contribution in [1.82, 2.24) is 9.55 Å². The van der Waals surface area contributed by atoms with Gasteiger partial charge in [0.1, 0.15) is 10.4 Å². The summed E-state index contributed by atoms with van der Waals surface area (Å²) in [5.41, 5.74) is 3.44. The lowest BCUT2D eigenvalue weighted by Crippen LogP contribution is -2.24. The van der Waals surface area contributed by atoms with Gasteiger partial charge >= 0.3 is 0 Å². The molecule has 0 aliphatic rings. The molecule has 4 rings (SSSR count). The number of benzene rings is 2. The van der Waals surface area contributed by atoms with Crippen LogP contribution in [-0.2, 0) is 17.8 Å². The quantitative estimate of drug-likeness (QED) is 0.299. The molecule has 0 bridgehead atoms. The Morgan fingerprint density at radius 1 is 1.16 bits per heavy atom. The van der Waals surface area contributed by atoms with Crippen molar-refractivity contribution in [2.24, 2.45) is 0 Å². The van der Waals surface area contributed by atoms with Gasteiger partial charge in [-0.05, 0) is 53.3 Å². The van der Waals surface area contributed by atoms with Gasteiger partial charge in [0.25, 0.3) is 5.56 Å². The van der Waals surface area contributed by atoms with Gasteiger partial charge in [-0.25, -0.2) is 4.98 Å². The molecule has 0 saturated carbocycles. The molecular weight excluding hydrogens is 442 g/mol. The predicted molar refractivity (Wildman–Crippen MR) is 131 cm³/mol. The van der Waals surface area contributed by atoms with Gasteiger partial charge in [0.2, 0.25) is 5.91 Å². The Bertz CT molecular complexity index is 1300. The summed E-state index contributed by atoms with van der Waals surface area (Å²) >= 11 is 2.63. The van der Waals surface area contributed by atoms with Crippen LogP contribution >= 0.6 is 23.1 Å². The Morgan fingerprint density at radius 2 is 1.97 bits per heavy atom. The first-order chi connectivity index (χ1) is 15.6. The minimum Gasteiger partial charge on any atom is -0.497 e. The van der Waals surface area contributed by atoms with Crippen molar-refractivity contribution in [3.63, 3.8) is 0 Å². The van der Waals surface area contributed by atoms with E-state index in [2.05, 4.69) is 17.2 Å². The number of ether oxygens (including phenoxy) is 1. The van der Waals surface area contributed by atoms with Crippen molar-refractivity contribution in [3.05, 3.63) is 81.5 Å². The number of aryl methyl sites for hydroxylation is 1. The van der Waals surface area contributed by atoms with Gasteiger partial charge in [-0.15, -0.1) is 11.3 Å². The van der Waals surface area contributed by atoms with Crippen LogP contribution in [0.25, 0.3) is 10.2 Å². The van der Waals surface area contributed by atoms with Crippen molar-refractivity contribution in [2.75, 3.05) is 18.2 Å². The molecule has 2 aromatic carbocycles.